The van der Waals surface area contributed by atoms with Crippen LogP contribution in [0.2, 0.25) is 5.02 Å². The van der Waals surface area contributed by atoms with Crippen LogP contribution in [0, 0.1) is 0 Å². The lowest BCUT2D eigenvalue weighted by atomic mass is 10.2. The molecule has 0 aliphatic carbocycles. The third-order valence-electron chi connectivity index (χ3n) is 2.78. The minimum atomic E-state index is -0.440. The maximum atomic E-state index is 11.6. The van der Waals surface area contributed by atoms with Gasteiger partial charge in [0.15, 0.2) is 0 Å². The topological polar surface area (TPSA) is 38.3 Å². The van der Waals surface area contributed by atoms with Gasteiger partial charge in [-0.15, -0.1) is 11.3 Å². The summed E-state index contributed by atoms with van der Waals surface area (Å²) in [7, 11) is 1.34. The molecular formula is C14H13BrClNO2S. The van der Waals surface area contributed by atoms with Crippen LogP contribution in [0.3, 0.4) is 0 Å². The number of halogens is 2. The number of thiophene rings is 1. The van der Waals surface area contributed by atoms with Gasteiger partial charge in [-0.3, -0.25) is 0 Å². The maximum Gasteiger partial charge on any atom is 0.339 e. The average molecular weight is 375 g/mol. The van der Waals surface area contributed by atoms with Crippen LogP contribution in [0.25, 0.3) is 0 Å². The summed E-state index contributed by atoms with van der Waals surface area (Å²) in [6, 6.07) is 9.44. The van der Waals surface area contributed by atoms with Gasteiger partial charge in [-0.2, -0.15) is 0 Å². The third kappa shape index (κ3) is 3.53. The first-order valence-electron chi connectivity index (χ1n) is 5.91. The summed E-state index contributed by atoms with van der Waals surface area (Å²) in [5.74, 6) is -0.440. The number of hydrogen-bond donors (Lipinski definition) is 1. The Hall–Kier alpha value is -1.04. The SMILES string of the molecule is COC(=O)c1cc(NC(C)c2ccc(Br)s2)ccc1Cl. The fourth-order valence-corrected chi connectivity index (χ4v) is 3.38. The Bertz CT molecular complexity index is 629. The van der Waals surface area contributed by atoms with Gasteiger partial charge in [0.1, 0.15) is 0 Å². The zero-order chi connectivity index (χ0) is 14.7. The molecule has 6 heteroatoms. The molecule has 0 aliphatic heterocycles. The van der Waals surface area contributed by atoms with E-state index in [2.05, 4.69) is 34.2 Å². The van der Waals surface area contributed by atoms with Crippen molar-refractivity contribution in [1.82, 2.24) is 0 Å². The first-order chi connectivity index (χ1) is 9.51. The van der Waals surface area contributed by atoms with Gasteiger partial charge < -0.3 is 10.1 Å². The molecule has 2 rings (SSSR count). The number of methoxy groups -OCH3 is 1. The second-order valence-corrected chi connectivity index (χ2v) is 7.10. The van der Waals surface area contributed by atoms with E-state index in [-0.39, 0.29) is 6.04 Å². The molecule has 0 aliphatic rings. The number of hydrogen-bond acceptors (Lipinski definition) is 4. The number of anilines is 1. The second-order valence-electron chi connectivity index (χ2n) is 4.19. The van der Waals surface area contributed by atoms with Crippen molar-refractivity contribution in [3.63, 3.8) is 0 Å². The molecule has 0 amide bonds. The highest BCUT2D eigenvalue weighted by Gasteiger charge is 2.13. The second kappa shape index (κ2) is 6.61. The molecule has 2 aromatic rings. The van der Waals surface area contributed by atoms with Gasteiger partial charge in [-0.05, 0) is 53.2 Å². The molecule has 1 unspecified atom stereocenters. The van der Waals surface area contributed by atoms with Crippen molar-refractivity contribution < 1.29 is 9.53 Å². The fraction of sp³-hybridized carbons (Fsp3) is 0.214. The lowest BCUT2D eigenvalue weighted by molar-refractivity contribution is 0.0601. The van der Waals surface area contributed by atoms with E-state index in [9.17, 15) is 4.79 Å². The molecule has 1 N–H and O–H groups in total. The summed E-state index contributed by atoms with van der Waals surface area (Å²) in [6.45, 7) is 2.06. The predicted octanol–water partition coefficient (Wildman–Crippen LogP) is 5.12. The molecule has 1 heterocycles. The Labute approximate surface area is 135 Å². The van der Waals surface area contributed by atoms with E-state index in [0.717, 1.165) is 9.47 Å². The molecule has 0 bridgehead atoms. The number of benzene rings is 1. The number of esters is 1. The van der Waals surface area contributed by atoms with E-state index in [4.69, 9.17) is 16.3 Å². The lowest BCUT2D eigenvalue weighted by Crippen LogP contribution is -2.07. The van der Waals surface area contributed by atoms with Gasteiger partial charge in [0, 0.05) is 10.6 Å². The molecular weight excluding hydrogens is 362 g/mol. The monoisotopic (exact) mass is 373 g/mol. The maximum absolute atomic E-state index is 11.6. The molecule has 0 saturated carbocycles. The summed E-state index contributed by atoms with van der Waals surface area (Å²) in [5.41, 5.74) is 1.19. The molecule has 1 atom stereocenters. The first-order valence-corrected chi connectivity index (χ1v) is 7.89. The largest absolute Gasteiger partial charge is 0.465 e. The summed E-state index contributed by atoms with van der Waals surface area (Å²) in [6.07, 6.45) is 0. The molecule has 0 radical (unpaired) electrons. The van der Waals surface area contributed by atoms with Gasteiger partial charge in [0.25, 0.3) is 0 Å². The van der Waals surface area contributed by atoms with Crippen molar-refractivity contribution in [3.8, 4) is 0 Å². The predicted molar refractivity (Wildman–Crippen MR) is 86.8 cm³/mol. The van der Waals surface area contributed by atoms with Crippen LogP contribution in [0.15, 0.2) is 34.1 Å². The van der Waals surface area contributed by atoms with Crippen LogP contribution < -0.4 is 5.32 Å². The van der Waals surface area contributed by atoms with E-state index >= 15 is 0 Å². The first kappa shape index (κ1) is 15.4. The fourth-order valence-electron chi connectivity index (χ4n) is 1.76. The molecule has 1 aromatic carbocycles. The third-order valence-corrected chi connectivity index (χ3v) is 4.91. The molecule has 0 fully saturated rings. The highest BCUT2D eigenvalue weighted by molar-refractivity contribution is 9.11. The number of carbonyl (C=O) groups is 1. The number of nitrogens with one attached hydrogen (secondary N) is 1. The number of rotatable bonds is 4. The van der Waals surface area contributed by atoms with Crippen molar-refractivity contribution >= 4 is 50.5 Å². The quantitative estimate of drug-likeness (QED) is 0.754. The van der Waals surface area contributed by atoms with Gasteiger partial charge >= 0.3 is 5.97 Å². The van der Waals surface area contributed by atoms with Crippen molar-refractivity contribution in [1.29, 1.82) is 0 Å². The van der Waals surface area contributed by atoms with E-state index in [1.807, 2.05) is 12.1 Å². The van der Waals surface area contributed by atoms with Gasteiger partial charge in [-0.1, -0.05) is 11.6 Å². The molecule has 106 valence electrons. The highest BCUT2D eigenvalue weighted by atomic mass is 79.9. The van der Waals surface area contributed by atoms with Crippen LogP contribution in [-0.2, 0) is 4.74 Å². The minimum Gasteiger partial charge on any atom is -0.465 e. The van der Waals surface area contributed by atoms with Crippen LogP contribution in [0.1, 0.15) is 28.2 Å². The van der Waals surface area contributed by atoms with E-state index in [1.54, 1.807) is 23.5 Å². The van der Waals surface area contributed by atoms with Crippen molar-refractivity contribution in [2.24, 2.45) is 0 Å². The lowest BCUT2D eigenvalue weighted by Gasteiger charge is -2.14. The van der Waals surface area contributed by atoms with E-state index in [0.29, 0.717) is 10.6 Å². The van der Waals surface area contributed by atoms with Crippen LogP contribution in [-0.4, -0.2) is 13.1 Å². The summed E-state index contributed by atoms with van der Waals surface area (Å²) < 4.78 is 5.80. The van der Waals surface area contributed by atoms with E-state index in [1.165, 1.54) is 12.0 Å². The van der Waals surface area contributed by atoms with Crippen molar-refractivity contribution in [3.05, 3.63) is 49.6 Å². The summed E-state index contributed by atoms with van der Waals surface area (Å²) in [5, 5.41) is 3.72. The molecule has 1 aromatic heterocycles. The van der Waals surface area contributed by atoms with Crippen molar-refractivity contribution in [2.45, 2.75) is 13.0 Å². The Morgan fingerprint density at radius 2 is 2.15 bits per heavy atom. The van der Waals surface area contributed by atoms with Gasteiger partial charge in [0.2, 0.25) is 0 Å². The molecule has 0 spiro atoms. The normalized spacial score (nSPS) is 12.0. The minimum absolute atomic E-state index is 0.137. The van der Waals surface area contributed by atoms with Crippen LogP contribution in [0.4, 0.5) is 5.69 Å². The smallest absolute Gasteiger partial charge is 0.339 e. The molecule has 0 saturated heterocycles. The zero-order valence-electron chi connectivity index (χ0n) is 10.9. The Balaban J connectivity index is 2.19. The van der Waals surface area contributed by atoms with E-state index < -0.39 is 5.97 Å². The number of ether oxygens (including phenoxy) is 1. The average Bonchev–Trinajstić information content (AvgIpc) is 2.87. The van der Waals surface area contributed by atoms with Crippen LogP contribution in [0.5, 0.6) is 0 Å². The highest BCUT2D eigenvalue weighted by Crippen LogP contribution is 2.30. The molecule has 3 nitrogen and oxygen atoms in total. The number of carbonyl (C=O) groups excluding carboxylic acids is 1. The summed E-state index contributed by atoms with van der Waals surface area (Å²) in [4.78, 5) is 12.8. The summed E-state index contributed by atoms with van der Waals surface area (Å²) >= 11 is 11.1. The van der Waals surface area contributed by atoms with Gasteiger partial charge in [0.05, 0.1) is 27.5 Å². The Kier molecular flexibility index (Phi) is 5.07. The van der Waals surface area contributed by atoms with Gasteiger partial charge in [-0.25, -0.2) is 4.79 Å². The standard InChI is InChI=1S/C14H13BrClNO2S/c1-8(12-5-6-13(15)20-12)17-9-3-4-11(16)10(7-9)14(18)19-2/h3-8,17H,1-2H3. The molecule has 20 heavy (non-hydrogen) atoms. The van der Waals surface area contributed by atoms with Crippen molar-refractivity contribution in [2.75, 3.05) is 12.4 Å². The Morgan fingerprint density at radius 1 is 1.40 bits per heavy atom. The zero-order valence-corrected chi connectivity index (χ0v) is 14.1. The Morgan fingerprint density at radius 3 is 2.75 bits per heavy atom. The van der Waals surface area contributed by atoms with Crippen LogP contribution >= 0.6 is 38.9 Å².